The van der Waals surface area contributed by atoms with Gasteiger partial charge in [0.25, 0.3) is 0 Å². The molecule has 0 spiro atoms. The summed E-state index contributed by atoms with van der Waals surface area (Å²) in [5.74, 6) is 0. The molecule has 0 amide bonds. The van der Waals surface area contributed by atoms with Crippen molar-refractivity contribution >= 4 is 70.1 Å². The number of hydrogen-bond acceptors (Lipinski definition) is 0. The van der Waals surface area contributed by atoms with E-state index in [1.54, 1.807) is 0 Å². The standard InChI is InChI=1S/3Li.H2S.3H/h;;;1H2;;;. The molecule has 0 nitrogen and oxygen atoms in total. The molecule has 4 heavy (non-hydrogen) atoms. The van der Waals surface area contributed by atoms with E-state index in [1.807, 2.05) is 0 Å². The van der Waals surface area contributed by atoms with E-state index in [2.05, 4.69) is 0 Å². The van der Waals surface area contributed by atoms with Crippen LogP contribution in [0.1, 0.15) is 0 Å². The molecule has 0 saturated carbocycles. The number of rotatable bonds is 0. The first kappa shape index (κ1) is 35.4. The summed E-state index contributed by atoms with van der Waals surface area (Å²) in [7, 11) is 0. The molecule has 0 heterocycles. The van der Waals surface area contributed by atoms with Crippen molar-refractivity contribution in [3.63, 3.8) is 0 Å². The van der Waals surface area contributed by atoms with Crippen molar-refractivity contribution in [2.45, 2.75) is 0 Å². The molecule has 0 saturated heterocycles. The van der Waals surface area contributed by atoms with Crippen LogP contribution in [0.5, 0.6) is 0 Å². The minimum absolute atomic E-state index is 0. The Hall–Kier alpha value is 2.14. The van der Waals surface area contributed by atoms with Crippen LogP contribution in [0.3, 0.4) is 0 Å². The van der Waals surface area contributed by atoms with Crippen LogP contribution in [0.15, 0.2) is 0 Å². The van der Waals surface area contributed by atoms with E-state index in [9.17, 15) is 0 Å². The second-order valence-corrected chi connectivity index (χ2v) is 0. The van der Waals surface area contributed by atoms with Gasteiger partial charge < -0.3 is 0 Å². The second kappa shape index (κ2) is 19.2. The summed E-state index contributed by atoms with van der Waals surface area (Å²) in [4.78, 5) is 0. The molecule has 0 N–H and O–H groups in total. The zero-order valence-electron chi connectivity index (χ0n) is 0.500. The van der Waals surface area contributed by atoms with Gasteiger partial charge in [0.2, 0.25) is 0 Å². The maximum absolute atomic E-state index is 0. The van der Waals surface area contributed by atoms with Crippen molar-refractivity contribution in [1.82, 2.24) is 0 Å². The predicted molar refractivity (Wildman–Crippen MR) is 31.8 cm³/mol. The van der Waals surface area contributed by atoms with Gasteiger partial charge in [-0.2, -0.15) is 13.5 Å². The Balaban J connectivity index is 0. The third-order valence-electron chi connectivity index (χ3n) is 0. The van der Waals surface area contributed by atoms with E-state index in [0.29, 0.717) is 0 Å². The fourth-order valence-corrected chi connectivity index (χ4v) is 0. The van der Waals surface area contributed by atoms with Crippen molar-refractivity contribution < 1.29 is 0 Å². The van der Waals surface area contributed by atoms with Gasteiger partial charge in [0.05, 0.1) is 0 Å². The SMILES string of the molecule is S.[LiH].[LiH].[LiH]. The molecule has 0 fully saturated rings. The van der Waals surface area contributed by atoms with Crippen LogP contribution < -0.4 is 0 Å². The van der Waals surface area contributed by atoms with Crippen LogP contribution in [0.25, 0.3) is 0 Å². The summed E-state index contributed by atoms with van der Waals surface area (Å²) >= 11 is 0. The van der Waals surface area contributed by atoms with Crippen molar-refractivity contribution in [3.8, 4) is 0 Å². The number of hydrogen-bond donors (Lipinski definition) is 0. The topological polar surface area (TPSA) is 0 Å². The Morgan fingerprint density at radius 3 is 0.500 bits per heavy atom. The molecule has 0 aliphatic carbocycles. The van der Waals surface area contributed by atoms with Gasteiger partial charge in [-0.1, -0.05) is 0 Å². The third-order valence-corrected chi connectivity index (χ3v) is 0. The van der Waals surface area contributed by atoms with Crippen LogP contribution in [0, 0.1) is 0 Å². The predicted octanol–water partition coefficient (Wildman–Crippen LogP) is -1.83. The summed E-state index contributed by atoms with van der Waals surface area (Å²) in [5.41, 5.74) is 0. The Bertz CT molecular complexity index is 3.25. The van der Waals surface area contributed by atoms with Gasteiger partial charge in [-0.25, -0.2) is 0 Å². The monoisotopic (exact) mass is 58.1 g/mol. The van der Waals surface area contributed by atoms with E-state index in [1.165, 1.54) is 0 Å². The summed E-state index contributed by atoms with van der Waals surface area (Å²) in [5, 5.41) is 0. The average Bonchev–Trinajstić information content (AvgIpc) is 0. The zero-order chi connectivity index (χ0) is 0. The Morgan fingerprint density at radius 2 is 0.500 bits per heavy atom. The first-order valence-corrected chi connectivity index (χ1v) is 0. The molecule has 14 valence electrons. The quantitative estimate of drug-likeness (QED) is 0.287. The molecule has 0 aromatic heterocycles. The van der Waals surface area contributed by atoms with Crippen LogP contribution in [-0.2, 0) is 0 Å². The Morgan fingerprint density at radius 1 is 0.500 bits per heavy atom. The molecule has 0 aromatic rings. The minimum atomic E-state index is 0. The summed E-state index contributed by atoms with van der Waals surface area (Å²) in [6.07, 6.45) is 0. The van der Waals surface area contributed by atoms with Crippen molar-refractivity contribution in [2.24, 2.45) is 0 Å². The molecule has 0 bridgehead atoms. The van der Waals surface area contributed by atoms with Gasteiger partial charge in [-0.05, 0) is 0 Å². The van der Waals surface area contributed by atoms with E-state index in [0.717, 1.165) is 0 Å². The van der Waals surface area contributed by atoms with E-state index in [4.69, 9.17) is 0 Å². The molecular weight excluding hydrogens is 52.9 g/mol. The normalized spacial score (nSPS) is 0. The third kappa shape index (κ3) is 8.91. The van der Waals surface area contributed by atoms with Gasteiger partial charge in [0, 0.05) is 0 Å². The van der Waals surface area contributed by atoms with Crippen LogP contribution in [-0.4, -0.2) is 56.6 Å². The second-order valence-electron chi connectivity index (χ2n) is 0. The van der Waals surface area contributed by atoms with Gasteiger partial charge in [0.1, 0.15) is 0 Å². The van der Waals surface area contributed by atoms with E-state index >= 15 is 0 Å². The van der Waals surface area contributed by atoms with Gasteiger partial charge in [-0.15, -0.1) is 0 Å². The Kier molecular flexibility index (Phi) is 170. The molecule has 0 rings (SSSR count). The summed E-state index contributed by atoms with van der Waals surface area (Å²) < 4.78 is 0. The molecule has 4 heteroatoms. The first-order chi connectivity index (χ1) is 0. The molecular formula is H5Li3S. The van der Waals surface area contributed by atoms with Gasteiger partial charge in [0.15, 0.2) is 0 Å². The van der Waals surface area contributed by atoms with Crippen LogP contribution >= 0.6 is 13.5 Å². The van der Waals surface area contributed by atoms with E-state index < -0.39 is 0 Å². The van der Waals surface area contributed by atoms with Crippen molar-refractivity contribution in [2.75, 3.05) is 0 Å². The Labute approximate surface area is 69.5 Å². The zero-order valence-corrected chi connectivity index (χ0v) is 1.50. The fraction of sp³-hybridized carbons (Fsp3) is 0. The first-order valence-electron chi connectivity index (χ1n) is 0. The molecule has 0 aliphatic heterocycles. The van der Waals surface area contributed by atoms with E-state index in [-0.39, 0.29) is 70.1 Å². The molecule has 0 aromatic carbocycles. The summed E-state index contributed by atoms with van der Waals surface area (Å²) in [6, 6.07) is 0. The maximum atomic E-state index is 0. The van der Waals surface area contributed by atoms with Crippen molar-refractivity contribution in [1.29, 1.82) is 0 Å². The summed E-state index contributed by atoms with van der Waals surface area (Å²) in [6.45, 7) is 0. The van der Waals surface area contributed by atoms with Gasteiger partial charge in [-0.3, -0.25) is 0 Å². The van der Waals surface area contributed by atoms with Gasteiger partial charge >= 0.3 is 56.6 Å². The van der Waals surface area contributed by atoms with Crippen molar-refractivity contribution in [3.05, 3.63) is 0 Å². The van der Waals surface area contributed by atoms with Crippen LogP contribution in [0.2, 0.25) is 0 Å². The molecule has 0 unspecified atom stereocenters. The van der Waals surface area contributed by atoms with Crippen LogP contribution in [0.4, 0.5) is 0 Å². The molecule has 0 radical (unpaired) electrons. The molecule has 0 atom stereocenters. The molecule has 0 aliphatic rings. The average molecular weight is 57.9 g/mol. The fourth-order valence-electron chi connectivity index (χ4n) is 0.